The molecule has 1 N–H and O–H groups in total. The fraction of sp³-hybridized carbons (Fsp3) is 0.133. The molecule has 3 rings (SSSR count). The molecular formula is C15H10F4N2O. The summed E-state index contributed by atoms with van der Waals surface area (Å²) in [5.41, 5.74) is 1.82. The van der Waals surface area contributed by atoms with Crippen molar-refractivity contribution in [1.29, 1.82) is 0 Å². The minimum Gasteiger partial charge on any atom is -0.406 e. The van der Waals surface area contributed by atoms with Gasteiger partial charge >= 0.3 is 6.36 Å². The number of halogens is 4. The molecule has 0 fully saturated rings. The Balaban J connectivity index is 1.84. The first-order valence-corrected chi connectivity index (χ1v) is 6.38. The summed E-state index contributed by atoms with van der Waals surface area (Å²) in [6, 6.07) is 9.82. The second-order valence-corrected chi connectivity index (χ2v) is 4.71. The highest BCUT2D eigenvalue weighted by Crippen LogP contribution is 2.25. The first-order valence-electron chi connectivity index (χ1n) is 6.38. The number of H-pyrrole nitrogens is 1. The van der Waals surface area contributed by atoms with Crippen LogP contribution in [0, 0.1) is 5.82 Å². The quantitative estimate of drug-likeness (QED) is 0.737. The molecule has 22 heavy (non-hydrogen) atoms. The molecule has 1 aromatic heterocycles. The van der Waals surface area contributed by atoms with Crippen molar-refractivity contribution in [1.82, 2.24) is 9.97 Å². The SMILES string of the molecule is Fc1ccc(Cc2nc3ccc(OC(F)(F)F)cc3[nH]2)cc1. The molecule has 0 saturated carbocycles. The third-order valence-electron chi connectivity index (χ3n) is 3.02. The number of nitrogens with zero attached hydrogens (tertiary/aromatic N) is 1. The van der Waals surface area contributed by atoms with Crippen LogP contribution in [0.4, 0.5) is 17.6 Å². The number of benzene rings is 2. The Hall–Kier alpha value is -2.57. The summed E-state index contributed by atoms with van der Waals surface area (Å²) in [5, 5.41) is 0. The Bertz CT molecular complexity index is 793. The normalized spacial score (nSPS) is 11.8. The standard InChI is InChI=1S/C15H10F4N2O/c16-10-3-1-9(2-4-10)7-14-20-12-6-5-11(8-13(12)21-14)22-15(17,18)19/h1-6,8H,7H2,(H,20,21). The van der Waals surface area contributed by atoms with Crippen molar-refractivity contribution in [3.05, 3.63) is 59.7 Å². The average Bonchev–Trinajstić information content (AvgIpc) is 2.81. The molecule has 0 aliphatic carbocycles. The molecule has 0 bridgehead atoms. The molecule has 0 spiro atoms. The number of hydrogen-bond donors (Lipinski definition) is 1. The Kier molecular flexibility index (Phi) is 3.48. The molecule has 2 aromatic carbocycles. The van der Waals surface area contributed by atoms with Gasteiger partial charge in [0.25, 0.3) is 0 Å². The molecule has 0 aliphatic rings. The van der Waals surface area contributed by atoms with E-state index in [1.807, 2.05) is 0 Å². The minimum atomic E-state index is -4.73. The van der Waals surface area contributed by atoms with Crippen LogP contribution in [0.5, 0.6) is 5.75 Å². The molecule has 0 radical (unpaired) electrons. The van der Waals surface area contributed by atoms with Crippen LogP contribution in [0.25, 0.3) is 11.0 Å². The summed E-state index contributed by atoms with van der Waals surface area (Å²) in [7, 11) is 0. The maximum atomic E-state index is 12.8. The summed E-state index contributed by atoms with van der Waals surface area (Å²) < 4.78 is 53.3. The Labute approximate surface area is 122 Å². The highest BCUT2D eigenvalue weighted by molar-refractivity contribution is 5.76. The number of aromatic amines is 1. The van der Waals surface area contributed by atoms with Gasteiger partial charge < -0.3 is 9.72 Å². The predicted molar refractivity (Wildman–Crippen MR) is 72.0 cm³/mol. The van der Waals surface area contributed by atoms with E-state index < -0.39 is 6.36 Å². The van der Waals surface area contributed by atoms with Gasteiger partial charge in [-0.1, -0.05) is 12.1 Å². The van der Waals surface area contributed by atoms with Crippen molar-refractivity contribution in [3.63, 3.8) is 0 Å². The molecule has 1 heterocycles. The minimum absolute atomic E-state index is 0.308. The molecular weight excluding hydrogens is 300 g/mol. The van der Waals surface area contributed by atoms with E-state index in [1.54, 1.807) is 12.1 Å². The number of nitrogens with one attached hydrogen (secondary N) is 1. The number of fused-ring (bicyclic) bond motifs is 1. The molecule has 3 nitrogen and oxygen atoms in total. The van der Waals surface area contributed by atoms with Gasteiger partial charge in [-0.2, -0.15) is 0 Å². The lowest BCUT2D eigenvalue weighted by Gasteiger charge is -2.07. The fourth-order valence-electron chi connectivity index (χ4n) is 2.12. The largest absolute Gasteiger partial charge is 0.573 e. The highest BCUT2D eigenvalue weighted by atomic mass is 19.4. The molecule has 0 atom stereocenters. The summed E-state index contributed by atoms with van der Waals surface area (Å²) in [4.78, 5) is 7.21. The zero-order valence-corrected chi connectivity index (χ0v) is 11.1. The van der Waals surface area contributed by atoms with E-state index in [9.17, 15) is 17.6 Å². The Morgan fingerprint density at radius 1 is 1.05 bits per heavy atom. The van der Waals surface area contributed by atoms with Gasteiger partial charge in [-0.25, -0.2) is 9.37 Å². The highest BCUT2D eigenvalue weighted by Gasteiger charge is 2.31. The van der Waals surface area contributed by atoms with Crippen LogP contribution in [0.15, 0.2) is 42.5 Å². The number of aromatic nitrogens is 2. The van der Waals surface area contributed by atoms with E-state index in [2.05, 4.69) is 14.7 Å². The lowest BCUT2D eigenvalue weighted by Crippen LogP contribution is -2.16. The molecule has 0 aliphatic heterocycles. The Morgan fingerprint density at radius 3 is 2.45 bits per heavy atom. The molecule has 114 valence electrons. The van der Waals surface area contributed by atoms with Crippen molar-refractivity contribution in [3.8, 4) is 5.75 Å². The van der Waals surface area contributed by atoms with Gasteiger partial charge in [-0.3, -0.25) is 0 Å². The van der Waals surface area contributed by atoms with Crippen LogP contribution in [-0.4, -0.2) is 16.3 Å². The van der Waals surface area contributed by atoms with Crippen molar-refractivity contribution in [2.45, 2.75) is 12.8 Å². The third kappa shape index (κ3) is 3.36. The van der Waals surface area contributed by atoms with Gasteiger partial charge in [0, 0.05) is 12.5 Å². The van der Waals surface area contributed by atoms with E-state index in [0.29, 0.717) is 23.3 Å². The number of imidazole rings is 1. The van der Waals surface area contributed by atoms with Crippen molar-refractivity contribution < 1.29 is 22.3 Å². The van der Waals surface area contributed by atoms with Crippen LogP contribution in [0.3, 0.4) is 0 Å². The first-order chi connectivity index (χ1) is 10.4. The van der Waals surface area contributed by atoms with Crippen molar-refractivity contribution in [2.24, 2.45) is 0 Å². The predicted octanol–water partition coefficient (Wildman–Crippen LogP) is 4.19. The summed E-state index contributed by atoms with van der Waals surface area (Å²) >= 11 is 0. The first kappa shape index (κ1) is 14.4. The molecule has 3 aromatic rings. The van der Waals surface area contributed by atoms with Crippen molar-refractivity contribution in [2.75, 3.05) is 0 Å². The van der Waals surface area contributed by atoms with Gasteiger partial charge in [-0.15, -0.1) is 13.2 Å². The van der Waals surface area contributed by atoms with E-state index >= 15 is 0 Å². The monoisotopic (exact) mass is 310 g/mol. The van der Waals surface area contributed by atoms with Crippen LogP contribution in [0.1, 0.15) is 11.4 Å². The van der Waals surface area contributed by atoms with E-state index in [4.69, 9.17) is 0 Å². The van der Waals surface area contributed by atoms with E-state index in [0.717, 1.165) is 5.56 Å². The summed E-state index contributed by atoms with van der Waals surface area (Å²) in [5.74, 6) is -0.0648. The molecule has 7 heteroatoms. The third-order valence-corrected chi connectivity index (χ3v) is 3.02. The topological polar surface area (TPSA) is 37.9 Å². The van der Waals surface area contributed by atoms with E-state index in [1.165, 1.54) is 30.3 Å². The van der Waals surface area contributed by atoms with Crippen molar-refractivity contribution >= 4 is 11.0 Å². The summed E-state index contributed by atoms with van der Waals surface area (Å²) in [6.45, 7) is 0. The van der Waals surface area contributed by atoms with Gasteiger partial charge in [0.05, 0.1) is 11.0 Å². The summed E-state index contributed by atoms with van der Waals surface area (Å²) in [6.07, 6.45) is -4.31. The second kappa shape index (κ2) is 5.32. The number of ether oxygens (including phenoxy) is 1. The average molecular weight is 310 g/mol. The lowest BCUT2D eigenvalue weighted by atomic mass is 10.1. The smallest absolute Gasteiger partial charge is 0.406 e. The molecule has 0 saturated heterocycles. The van der Waals surface area contributed by atoms with Gasteiger partial charge in [-0.05, 0) is 29.8 Å². The molecule has 0 unspecified atom stereocenters. The van der Waals surface area contributed by atoms with Gasteiger partial charge in [0.15, 0.2) is 0 Å². The van der Waals surface area contributed by atoms with Crippen LogP contribution in [-0.2, 0) is 6.42 Å². The van der Waals surface area contributed by atoms with Crippen LogP contribution < -0.4 is 4.74 Å². The number of hydrogen-bond acceptors (Lipinski definition) is 2. The number of alkyl halides is 3. The zero-order chi connectivity index (χ0) is 15.7. The number of rotatable bonds is 3. The second-order valence-electron chi connectivity index (χ2n) is 4.71. The van der Waals surface area contributed by atoms with Crippen LogP contribution >= 0.6 is 0 Å². The van der Waals surface area contributed by atoms with Gasteiger partial charge in [0.1, 0.15) is 17.4 Å². The molecule has 0 amide bonds. The maximum Gasteiger partial charge on any atom is 0.573 e. The maximum absolute atomic E-state index is 12.8. The lowest BCUT2D eigenvalue weighted by molar-refractivity contribution is -0.274. The van der Waals surface area contributed by atoms with E-state index in [-0.39, 0.29) is 11.6 Å². The zero-order valence-electron chi connectivity index (χ0n) is 11.1. The van der Waals surface area contributed by atoms with Crippen LogP contribution in [0.2, 0.25) is 0 Å². The fourth-order valence-corrected chi connectivity index (χ4v) is 2.12. The van der Waals surface area contributed by atoms with Gasteiger partial charge in [0.2, 0.25) is 0 Å². The Morgan fingerprint density at radius 2 is 1.77 bits per heavy atom.